The van der Waals surface area contributed by atoms with E-state index in [-0.39, 0.29) is 0 Å². The molecule has 0 unspecified atom stereocenters. The van der Waals surface area contributed by atoms with Crippen LogP contribution in [0.3, 0.4) is 0 Å². The van der Waals surface area contributed by atoms with Crippen molar-refractivity contribution in [1.29, 1.82) is 0 Å². The minimum Gasteiger partial charge on any atom is -0.301 e. The van der Waals surface area contributed by atoms with Crippen LogP contribution in [-0.4, -0.2) is 6.61 Å². The fraction of sp³-hybridized carbons (Fsp3) is 0.647. The Morgan fingerprint density at radius 3 is 2.16 bits per heavy atom. The van der Waals surface area contributed by atoms with Crippen LogP contribution in [0.4, 0.5) is 0 Å². The summed E-state index contributed by atoms with van der Waals surface area (Å²) in [5.74, 6) is 0. The largest absolute Gasteiger partial charge is 0.301 e. The molecule has 0 fully saturated rings. The molecule has 1 aromatic rings. The molecular weight excluding hydrogens is 234 g/mol. The second kappa shape index (κ2) is 12.2. The first-order valence-corrected chi connectivity index (χ1v) is 7.82. The number of nitrogens with one attached hydrogen (secondary N) is 1. The monoisotopic (exact) mass is 263 g/mol. The van der Waals surface area contributed by atoms with Crippen LogP contribution in [0.2, 0.25) is 0 Å². The summed E-state index contributed by atoms with van der Waals surface area (Å²) in [4.78, 5) is 5.43. The Kier molecular flexibility index (Phi) is 10.4. The highest BCUT2D eigenvalue weighted by molar-refractivity contribution is 5.13. The summed E-state index contributed by atoms with van der Waals surface area (Å²) in [6.45, 7) is 3.87. The van der Waals surface area contributed by atoms with Gasteiger partial charge in [0.25, 0.3) is 0 Å². The number of hydrogen-bond acceptors (Lipinski definition) is 2. The molecule has 108 valence electrons. The highest BCUT2D eigenvalue weighted by Crippen LogP contribution is 2.08. The number of rotatable bonds is 12. The molecular formula is C17H29NO. The number of hydroxylamine groups is 1. The normalized spacial score (nSPS) is 10.8. The molecule has 1 aromatic carbocycles. The standard InChI is InChI=1S/C17H29NO/c1-2-3-4-5-6-7-8-12-15-19-18-16-17-13-10-9-11-14-17/h9-11,13-14,18H,2-8,12,15-16H2,1H3. The van der Waals surface area contributed by atoms with Crippen LogP contribution in [0.1, 0.15) is 63.9 Å². The van der Waals surface area contributed by atoms with Crippen LogP contribution in [0.5, 0.6) is 0 Å². The lowest BCUT2D eigenvalue weighted by Crippen LogP contribution is -2.14. The van der Waals surface area contributed by atoms with Crippen LogP contribution in [-0.2, 0) is 11.4 Å². The van der Waals surface area contributed by atoms with E-state index in [0.29, 0.717) is 0 Å². The molecule has 0 bridgehead atoms. The highest BCUT2D eigenvalue weighted by Gasteiger charge is 1.93. The number of hydrogen-bond donors (Lipinski definition) is 1. The van der Waals surface area contributed by atoms with Gasteiger partial charge < -0.3 is 4.84 Å². The fourth-order valence-corrected chi connectivity index (χ4v) is 2.11. The van der Waals surface area contributed by atoms with E-state index < -0.39 is 0 Å². The minimum atomic E-state index is 0.790. The molecule has 0 atom stereocenters. The predicted molar refractivity (Wildman–Crippen MR) is 81.8 cm³/mol. The third kappa shape index (κ3) is 9.69. The van der Waals surface area contributed by atoms with Crippen molar-refractivity contribution in [2.75, 3.05) is 6.61 Å². The molecule has 0 aliphatic carbocycles. The van der Waals surface area contributed by atoms with Crippen LogP contribution in [0.15, 0.2) is 30.3 Å². The Bertz CT molecular complexity index is 287. The second-order valence-corrected chi connectivity index (χ2v) is 5.13. The van der Waals surface area contributed by atoms with Gasteiger partial charge in [0.1, 0.15) is 0 Å². The molecule has 1 rings (SSSR count). The molecule has 0 aliphatic heterocycles. The van der Waals surface area contributed by atoms with Crippen LogP contribution in [0.25, 0.3) is 0 Å². The first kappa shape index (κ1) is 16.2. The summed E-state index contributed by atoms with van der Waals surface area (Å²) in [5, 5.41) is 0. The smallest absolute Gasteiger partial charge is 0.0682 e. The molecule has 2 heteroatoms. The average molecular weight is 263 g/mol. The van der Waals surface area contributed by atoms with Gasteiger partial charge in [-0.3, -0.25) is 0 Å². The summed E-state index contributed by atoms with van der Waals surface area (Å²) in [6.07, 6.45) is 10.7. The van der Waals surface area contributed by atoms with E-state index in [1.807, 2.05) is 6.07 Å². The van der Waals surface area contributed by atoms with Crippen molar-refractivity contribution < 1.29 is 4.84 Å². The molecule has 0 heterocycles. The van der Waals surface area contributed by atoms with Crippen LogP contribution < -0.4 is 5.48 Å². The van der Waals surface area contributed by atoms with Crippen molar-refractivity contribution in [3.05, 3.63) is 35.9 Å². The third-order valence-corrected chi connectivity index (χ3v) is 3.32. The van der Waals surface area contributed by atoms with Gasteiger partial charge in [-0.05, 0) is 12.0 Å². The van der Waals surface area contributed by atoms with Gasteiger partial charge in [0, 0.05) is 6.54 Å². The van der Waals surface area contributed by atoms with Gasteiger partial charge in [-0.15, -0.1) is 0 Å². The molecule has 0 aliphatic rings. The van der Waals surface area contributed by atoms with Gasteiger partial charge in [0.2, 0.25) is 0 Å². The van der Waals surface area contributed by atoms with E-state index in [1.54, 1.807) is 0 Å². The summed E-state index contributed by atoms with van der Waals surface area (Å²) in [6, 6.07) is 10.3. The molecule has 0 aromatic heterocycles. The highest BCUT2D eigenvalue weighted by atomic mass is 16.6. The summed E-state index contributed by atoms with van der Waals surface area (Å²) in [7, 11) is 0. The van der Waals surface area contributed by atoms with Crippen LogP contribution in [0, 0.1) is 0 Å². The molecule has 2 nitrogen and oxygen atoms in total. The molecule has 0 radical (unpaired) electrons. The Balaban J connectivity index is 1.79. The van der Waals surface area contributed by atoms with Crippen molar-refractivity contribution in [1.82, 2.24) is 5.48 Å². The first-order valence-electron chi connectivity index (χ1n) is 7.82. The Morgan fingerprint density at radius 1 is 0.842 bits per heavy atom. The molecule has 1 N–H and O–H groups in total. The van der Waals surface area contributed by atoms with Crippen LogP contribution >= 0.6 is 0 Å². The lowest BCUT2D eigenvalue weighted by molar-refractivity contribution is 0.0340. The van der Waals surface area contributed by atoms with Gasteiger partial charge >= 0.3 is 0 Å². The quantitative estimate of drug-likeness (QED) is 0.430. The van der Waals surface area contributed by atoms with E-state index in [1.165, 1.54) is 50.5 Å². The van der Waals surface area contributed by atoms with Gasteiger partial charge in [0.05, 0.1) is 6.61 Å². The average Bonchev–Trinajstić information content (AvgIpc) is 2.46. The topological polar surface area (TPSA) is 21.3 Å². The molecule has 0 spiro atoms. The third-order valence-electron chi connectivity index (χ3n) is 3.32. The summed E-state index contributed by atoms with van der Waals surface area (Å²) < 4.78 is 0. The lowest BCUT2D eigenvalue weighted by atomic mass is 10.1. The molecule has 0 saturated heterocycles. The lowest BCUT2D eigenvalue weighted by Gasteiger charge is -2.06. The zero-order chi connectivity index (χ0) is 13.6. The van der Waals surface area contributed by atoms with Gasteiger partial charge in [-0.25, -0.2) is 0 Å². The fourth-order valence-electron chi connectivity index (χ4n) is 2.11. The summed E-state index contributed by atoms with van der Waals surface area (Å²) >= 11 is 0. The van der Waals surface area contributed by atoms with Gasteiger partial charge in [-0.2, -0.15) is 5.48 Å². The van der Waals surface area contributed by atoms with Crippen molar-refractivity contribution in [2.24, 2.45) is 0 Å². The summed E-state index contributed by atoms with van der Waals surface area (Å²) in [5.41, 5.74) is 4.28. The molecule has 0 saturated carbocycles. The second-order valence-electron chi connectivity index (χ2n) is 5.13. The first-order chi connectivity index (χ1) is 9.43. The van der Waals surface area contributed by atoms with E-state index >= 15 is 0 Å². The number of unbranched alkanes of at least 4 members (excludes halogenated alkanes) is 7. The Labute approximate surface area is 118 Å². The number of benzene rings is 1. The van der Waals surface area contributed by atoms with E-state index in [0.717, 1.165) is 19.6 Å². The van der Waals surface area contributed by atoms with Gasteiger partial charge in [-0.1, -0.05) is 82.2 Å². The van der Waals surface area contributed by atoms with E-state index in [9.17, 15) is 0 Å². The molecule has 19 heavy (non-hydrogen) atoms. The zero-order valence-corrected chi connectivity index (χ0v) is 12.4. The van der Waals surface area contributed by atoms with E-state index in [2.05, 4.69) is 36.7 Å². The maximum absolute atomic E-state index is 5.43. The maximum Gasteiger partial charge on any atom is 0.0682 e. The van der Waals surface area contributed by atoms with Crippen molar-refractivity contribution >= 4 is 0 Å². The SMILES string of the molecule is CCCCCCCCCCONCc1ccccc1. The Morgan fingerprint density at radius 2 is 1.47 bits per heavy atom. The van der Waals surface area contributed by atoms with Crippen molar-refractivity contribution in [3.63, 3.8) is 0 Å². The van der Waals surface area contributed by atoms with Gasteiger partial charge in [0.15, 0.2) is 0 Å². The Hall–Kier alpha value is -0.860. The van der Waals surface area contributed by atoms with E-state index in [4.69, 9.17) is 4.84 Å². The predicted octanol–water partition coefficient (Wildman–Crippen LogP) is 4.85. The van der Waals surface area contributed by atoms with Crippen molar-refractivity contribution in [2.45, 2.75) is 64.8 Å². The maximum atomic E-state index is 5.43. The molecule has 0 amide bonds. The minimum absolute atomic E-state index is 0.790. The van der Waals surface area contributed by atoms with Crippen molar-refractivity contribution in [3.8, 4) is 0 Å². The zero-order valence-electron chi connectivity index (χ0n) is 12.4.